The number of aromatic amines is 1. The van der Waals surface area contributed by atoms with E-state index in [1.807, 2.05) is 6.07 Å². The summed E-state index contributed by atoms with van der Waals surface area (Å²) < 4.78 is 15.0. The number of nitrogens with zero attached hydrogens (tertiary/aromatic N) is 2. The molecule has 0 aliphatic heterocycles. The molecule has 0 bridgehead atoms. The second-order valence-corrected chi connectivity index (χ2v) is 3.63. The SMILES string of the molecule is Cc1nn2c(c1F)c(=O)[nH]c1ccccc12. The minimum absolute atomic E-state index is 0.0313. The normalized spacial score (nSPS) is 11.4. The summed E-state index contributed by atoms with van der Waals surface area (Å²) in [7, 11) is 0. The molecule has 5 heteroatoms. The number of nitrogens with one attached hydrogen (secondary N) is 1. The van der Waals surface area contributed by atoms with Crippen molar-refractivity contribution < 1.29 is 4.39 Å². The molecule has 4 nitrogen and oxygen atoms in total. The van der Waals surface area contributed by atoms with Gasteiger partial charge in [-0.15, -0.1) is 0 Å². The van der Waals surface area contributed by atoms with E-state index in [2.05, 4.69) is 10.1 Å². The first-order valence-electron chi connectivity index (χ1n) is 4.84. The Morgan fingerprint density at radius 1 is 1.38 bits per heavy atom. The number of para-hydroxylation sites is 2. The average Bonchev–Trinajstić information content (AvgIpc) is 2.57. The molecular weight excluding hydrogens is 209 g/mol. The molecule has 1 aromatic carbocycles. The van der Waals surface area contributed by atoms with Crippen molar-refractivity contribution in [2.75, 3.05) is 0 Å². The van der Waals surface area contributed by atoms with E-state index in [0.29, 0.717) is 11.0 Å². The fourth-order valence-corrected chi connectivity index (χ4v) is 1.82. The van der Waals surface area contributed by atoms with Gasteiger partial charge in [0.05, 0.1) is 16.7 Å². The van der Waals surface area contributed by atoms with E-state index in [1.54, 1.807) is 18.2 Å². The van der Waals surface area contributed by atoms with Crippen molar-refractivity contribution in [1.82, 2.24) is 14.6 Å². The first-order valence-corrected chi connectivity index (χ1v) is 4.84. The van der Waals surface area contributed by atoms with Crippen molar-refractivity contribution in [2.24, 2.45) is 0 Å². The standard InChI is InChI=1S/C11H8FN3O/c1-6-9(12)10-11(16)13-7-4-2-3-5-8(7)15(10)14-6/h2-5H,1H3,(H,13,16). The third kappa shape index (κ3) is 1.02. The Kier molecular flexibility index (Phi) is 1.65. The number of benzene rings is 1. The molecule has 0 radical (unpaired) electrons. The van der Waals surface area contributed by atoms with Crippen molar-refractivity contribution in [3.05, 3.63) is 46.1 Å². The van der Waals surface area contributed by atoms with Crippen molar-refractivity contribution in [3.8, 4) is 0 Å². The predicted molar refractivity (Wildman–Crippen MR) is 58.0 cm³/mol. The molecule has 0 fully saturated rings. The maximum atomic E-state index is 13.6. The Labute approximate surface area is 89.3 Å². The van der Waals surface area contributed by atoms with E-state index in [4.69, 9.17) is 0 Å². The quantitative estimate of drug-likeness (QED) is 0.622. The van der Waals surface area contributed by atoms with Crippen LogP contribution in [-0.4, -0.2) is 14.6 Å². The summed E-state index contributed by atoms with van der Waals surface area (Å²) >= 11 is 0. The second kappa shape index (κ2) is 2.91. The van der Waals surface area contributed by atoms with Gasteiger partial charge in [0.25, 0.3) is 5.56 Å². The molecule has 0 amide bonds. The first kappa shape index (κ1) is 9.08. The van der Waals surface area contributed by atoms with E-state index in [-0.39, 0.29) is 11.2 Å². The Morgan fingerprint density at radius 3 is 2.94 bits per heavy atom. The monoisotopic (exact) mass is 217 g/mol. The van der Waals surface area contributed by atoms with Crippen molar-refractivity contribution in [3.63, 3.8) is 0 Å². The molecule has 0 unspecified atom stereocenters. The smallest absolute Gasteiger partial charge is 0.277 e. The van der Waals surface area contributed by atoms with E-state index in [1.165, 1.54) is 11.4 Å². The molecule has 80 valence electrons. The Morgan fingerprint density at radius 2 is 2.12 bits per heavy atom. The molecule has 1 N–H and O–H groups in total. The highest BCUT2D eigenvalue weighted by atomic mass is 19.1. The van der Waals surface area contributed by atoms with Gasteiger partial charge in [-0.1, -0.05) is 12.1 Å². The lowest BCUT2D eigenvalue weighted by Gasteiger charge is -1.99. The molecule has 0 saturated heterocycles. The minimum atomic E-state index is -0.563. The van der Waals surface area contributed by atoms with Crippen LogP contribution in [0, 0.1) is 12.7 Å². The van der Waals surface area contributed by atoms with Gasteiger partial charge < -0.3 is 4.98 Å². The van der Waals surface area contributed by atoms with Crippen LogP contribution in [0.1, 0.15) is 5.69 Å². The van der Waals surface area contributed by atoms with Gasteiger partial charge in [0.1, 0.15) is 0 Å². The number of hydrogen-bond acceptors (Lipinski definition) is 2. The van der Waals surface area contributed by atoms with Gasteiger partial charge in [0.2, 0.25) is 0 Å². The van der Waals surface area contributed by atoms with Crippen LogP contribution in [0.15, 0.2) is 29.1 Å². The number of rotatable bonds is 0. The summed E-state index contributed by atoms with van der Waals surface area (Å²) in [5, 5.41) is 4.02. The second-order valence-electron chi connectivity index (χ2n) is 3.63. The zero-order chi connectivity index (χ0) is 11.3. The van der Waals surface area contributed by atoms with E-state index in [0.717, 1.165) is 0 Å². The van der Waals surface area contributed by atoms with Crippen LogP contribution in [0.4, 0.5) is 4.39 Å². The topological polar surface area (TPSA) is 50.2 Å². The lowest BCUT2D eigenvalue weighted by molar-refractivity contribution is 0.628. The van der Waals surface area contributed by atoms with Gasteiger partial charge >= 0.3 is 0 Å². The fourth-order valence-electron chi connectivity index (χ4n) is 1.82. The number of halogens is 1. The highest BCUT2D eigenvalue weighted by Gasteiger charge is 2.14. The van der Waals surface area contributed by atoms with Gasteiger partial charge in [0.15, 0.2) is 11.3 Å². The maximum Gasteiger partial charge on any atom is 0.277 e. The van der Waals surface area contributed by atoms with Crippen LogP contribution >= 0.6 is 0 Å². The largest absolute Gasteiger partial charge is 0.319 e. The zero-order valence-corrected chi connectivity index (χ0v) is 8.49. The Balaban J connectivity index is 2.70. The summed E-state index contributed by atoms with van der Waals surface area (Å²) in [6.07, 6.45) is 0. The summed E-state index contributed by atoms with van der Waals surface area (Å²) in [4.78, 5) is 14.3. The van der Waals surface area contributed by atoms with Crippen LogP contribution in [0.25, 0.3) is 16.6 Å². The van der Waals surface area contributed by atoms with Gasteiger partial charge in [-0.05, 0) is 19.1 Å². The van der Waals surface area contributed by atoms with E-state index < -0.39 is 11.4 Å². The minimum Gasteiger partial charge on any atom is -0.319 e. The molecule has 3 aromatic rings. The van der Waals surface area contributed by atoms with Gasteiger partial charge in [0, 0.05) is 0 Å². The van der Waals surface area contributed by atoms with E-state index >= 15 is 0 Å². The number of H-pyrrole nitrogens is 1. The molecule has 16 heavy (non-hydrogen) atoms. The van der Waals surface area contributed by atoms with Crippen LogP contribution in [0.3, 0.4) is 0 Å². The molecule has 2 aromatic heterocycles. The van der Waals surface area contributed by atoms with Gasteiger partial charge in [-0.25, -0.2) is 8.91 Å². The molecule has 2 heterocycles. The first-order chi connectivity index (χ1) is 7.68. The van der Waals surface area contributed by atoms with Crippen molar-refractivity contribution >= 4 is 16.6 Å². The van der Waals surface area contributed by atoms with Crippen LogP contribution < -0.4 is 5.56 Å². The molecular formula is C11H8FN3O. The number of aryl methyl sites for hydroxylation is 1. The third-order valence-corrected chi connectivity index (χ3v) is 2.58. The summed E-state index contributed by atoms with van der Waals surface area (Å²) in [5.74, 6) is -0.563. The van der Waals surface area contributed by atoms with Crippen LogP contribution in [0.2, 0.25) is 0 Å². The van der Waals surface area contributed by atoms with Crippen LogP contribution in [0.5, 0.6) is 0 Å². The summed E-state index contributed by atoms with van der Waals surface area (Å²) in [5.41, 5.74) is 1.06. The summed E-state index contributed by atoms with van der Waals surface area (Å²) in [6, 6.07) is 7.15. The Hall–Kier alpha value is -2.17. The van der Waals surface area contributed by atoms with Crippen molar-refractivity contribution in [2.45, 2.75) is 6.92 Å². The molecule has 3 rings (SSSR count). The highest BCUT2D eigenvalue weighted by Crippen LogP contribution is 2.15. The molecule has 0 aliphatic rings. The van der Waals surface area contributed by atoms with E-state index in [9.17, 15) is 9.18 Å². The summed E-state index contributed by atoms with van der Waals surface area (Å²) in [6.45, 7) is 1.54. The third-order valence-electron chi connectivity index (χ3n) is 2.58. The van der Waals surface area contributed by atoms with Gasteiger partial charge in [-0.3, -0.25) is 4.79 Å². The zero-order valence-electron chi connectivity index (χ0n) is 8.49. The van der Waals surface area contributed by atoms with Crippen molar-refractivity contribution in [1.29, 1.82) is 0 Å². The van der Waals surface area contributed by atoms with Gasteiger partial charge in [-0.2, -0.15) is 5.10 Å². The number of aromatic nitrogens is 3. The number of fused-ring (bicyclic) bond motifs is 3. The molecule has 0 spiro atoms. The number of hydrogen-bond donors (Lipinski definition) is 1. The fraction of sp³-hybridized carbons (Fsp3) is 0.0909. The lowest BCUT2D eigenvalue weighted by Crippen LogP contribution is -2.11. The molecule has 0 aliphatic carbocycles. The predicted octanol–water partition coefficient (Wildman–Crippen LogP) is 1.62. The van der Waals surface area contributed by atoms with Crippen LogP contribution in [-0.2, 0) is 0 Å². The highest BCUT2D eigenvalue weighted by molar-refractivity contribution is 5.77. The molecule has 0 saturated carbocycles. The molecule has 0 atom stereocenters. The maximum absolute atomic E-state index is 13.6. The Bertz CT molecular complexity index is 757. The average molecular weight is 217 g/mol. The lowest BCUT2D eigenvalue weighted by atomic mass is 10.3.